The molecule has 0 aromatic heterocycles. The van der Waals surface area contributed by atoms with Crippen LogP contribution in [0.4, 0.5) is 0 Å². The van der Waals surface area contributed by atoms with E-state index in [-0.39, 0.29) is 5.78 Å². The summed E-state index contributed by atoms with van der Waals surface area (Å²) in [6.07, 6.45) is 3.51. The summed E-state index contributed by atoms with van der Waals surface area (Å²) in [7, 11) is 4.83. The van der Waals surface area contributed by atoms with Crippen molar-refractivity contribution in [1.29, 1.82) is 0 Å². The lowest BCUT2D eigenvalue weighted by Crippen LogP contribution is -2.27. The van der Waals surface area contributed by atoms with Gasteiger partial charge in [-0.05, 0) is 32.4 Å². The number of Topliss-reactive ketones (excluding diaryl/α,β-unsaturated/α-hetero) is 1. The highest BCUT2D eigenvalue weighted by molar-refractivity contribution is 5.81. The van der Waals surface area contributed by atoms with E-state index in [1.54, 1.807) is 21.3 Å². The van der Waals surface area contributed by atoms with Gasteiger partial charge >= 0.3 is 0 Å². The molecule has 0 radical (unpaired) electrons. The zero-order chi connectivity index (χ0) is 15.9. The fraction of sp³-hybridized carbons (Fsp3) is 0.588. The first-order valence-electron chi connectivity index (χ1n) is 7.71. The van der Waals surface area contributed by atoms with Gasteiger partial charge in [0.2, 0.25) is 0 Å². The maximum absolute atomic E-state index is 12.1. The molecular formula is C17H25NO4. The lowest BCUT2D eigenvalue weighted by atomic mass is 10.0. The Morgan fingerprint density at radius 2 is 1.64 bits per heavy atom. The molecule has 0 unspecified atom stereocenters. The number of likely N-dealkylation sites (tertiary alicyclic amines) is 1. The minimum Gasteiger partial charge on any atom is -0.496 e. The van der Waals surface area contributed by atoms with E-state index in [0.717, 1.165) is 18.7 Å². The van der Waals surface area contributed by atoms with Gasteiger partial charge in [-0.25, -0.2) is 0 Å². The second-order valence-corrected chi connectivity index (χ2v) is 5.53. The Balaban J connectivity index is 2.02. The minimum atomic E-state index is 0.266. The number of carbonyl (C=O) groups is 1. The van der Waals surface area contributed by atoms with Crippen LogP contribution in [0.3, 0.4) is 0 Å². The zero-order valence-electron chi connectivity index (χ0n) is 13.7. The molecule has 1 aromatic rings. The van der Waals surface area contributed by atoms with Crippen molar-refractivity contribution in [2.45, 2.75) is 25.7 Å². The molecule has 1 aliphatic rings. The van der Waals surface area contributed by atoms with Gasteiger partial charge in [-0.2, -0.15) is 0 Å². The van der Waals surface area contributed by atoms with Gasteiger partial charge in [-0.3, -0.25) is 9.69 Å². The summed E-state index contributed by atoms with van der Waals surface area (Å²) in [5, 5.41) is 0. The van der Waals surface area contributed by atoms with E-state index in [4.69, 9.17) is 14.2 Å². The van der Waals surface area contributed by atoms with Gasteiger partial charge in [0.15, 0.2) is 0 Å². The average molecular weight is 307 g/mol. The van der Waals surface area contributed by atoms with Gasteiger partial charge in [0.1, 0.15) is 23.0 Å². The molecule has 1 fully saturated rings. The smallest absolute Gasteiger partial charge is 0.147 e. The fourth-order valence-corrected chi connectivity index (χ4v) is 2.86. The van der Waals surface area contributed by atoms with Gasteiger partial charge in [-0.1, -0.05) is 0 Å². The molecular weight excluding hydrogens is 282 g/mol. The van der Waals surface area contributed by atoms with Crippen molar-refractivity contribution in [2.75, 3.05) is 41.0 Å². The number of hydrogen-bond donors (Lipinski definition) is 0. The number of nitrogens with zero attached hydrogens (tertiary/aromatic N) is 1. The number of ether oxygens (including phenoxy) is 3. The Morgan fingerprint density at radius 3 is 2.14 bits per heavy atom. The van der Waals surface area contributed by atoms with Gasteiger partial charge in [-0.15, -0.1) is 0 Å². The first-order chi connectivity index (χ1) is 10.7. The topological polar surface area (TPSA) is 48.0 Å². The Kier molecular flexibility index (Phi) is 6.07. The van der Waals surface area contributed by atoms with Gasteiger partial charge in [0.05, 0.1) is 27.9 Å². The SMILES string of the molecule is COc1cc(OC)c(CCC(=O)CN2CCCC2)c(OC)c1. The largest absolute Gasteiger partial charge is 0.496 e. The normalized spacial score (nSPS) is 14.9. The highest BCUT2D eigenvalue weighted by Crippen LogP contribution is 2.34. The highest BCUT2D eigenvalue weighted by Gasteiger charge is 2.18. The van der Waals surface area contributed by atoms with Crippen LogP contribution in [0.1, 0.15) is 24.8 Å². The number of hydrogen-bond acceptors (Lipinski definition) is 5. The maximum Gasteiger partial charge on any atom is 0.147 e. The molecule has 5 nitrogen and oxygen atoms in total. The molecule has 0 N–H and O–H groups in total. The molecule has 0 bridgehead atoms. The summed E-state index contributed by atoms with van der Waals surface area (Å²) < 4.78 is 16.1. The fourth-order valence-electron chi connectivity index (χ4n) is 2.86. The zero-order valence-corrected chi connectivity index (χ0v) is 13.7. The molecule has 1 aromatic carbocycles. The van der Waals surface area contributed by atoms with E-state index in [9.17, 15) is 4.79 Å². The van der Waals surface area contributed by atoms with Crippen molar-refractivity contribution in [3.63, 3.8) is 0 Å². The predicted octanol–water partition coefficient (Wildman–Crippen LogP) is 2.31. The van der Waals surface area contributed by atoms with E-state index < -0.39 is 0 Å². The van der Waals surface area contributed by atoms with Crippen LogP contribution in [0.25, 0.3) is 0 Å². The van der Waals surface area contributed by atoms with Crippen LogP contribution in [0, 0.1) is 0 Å². The van der Waals surface area contributed by atoms with Crippen LogP contribution in [-0.4, -0.2) is 51.6 Å². The summed E-state index contributed by atoms with van der Waals surface area (Å²) >= 11 is 0. The van der Waals surface area contributed by atoms with Crippen molar-refractivity contribution in [3.8, 4) is 17.2 Å². The van der Waals surface area contributed by atoms with Crippen molar-refractivity contribution in [1.82, 2.24) is 4.90 Å². The Bertz CT molecular complexity index is 484. The average Bonchev–Trinajstić information content (AvgIpc) is 3.04. The van der Waals surface area contributed by atoms with E-state index in [2.05, 4.69) is 4.90 Å². The molecule has 0 aliphatic carbocycles. The minimum absolute atomic E-state index is 0.266. The third-order valence-electron chi connectivity index (χ3n) is 4.07. The molecule has 5 heteroatoms. The summed E-state index contributed by atoms with van der Waals surface area (Å²) in [6, 6.07) is 3.64. The van der Waals surface area contributed by atoms with E-state index in [1.807, 2.05) is 12.1 Å². The van der Waals surface area contributed by atoms with Crippen molar-refractivity contribution in [3.05, 3.63) is 17.7 Å². The Morgan fingerprint density at radius 1 is 1.05 bits per heavy atom. The van der Waals surface area contributed by atoms with Gasteiger partial charge in [0.25, 0.3) is 0 Å². The number of benzene rings is 1. The lowest BCUT2D eigenvalue weighted by molar-refractivity contribution is -0.119. The highest BCUT2D eigenvalue weighted by atomic mass is 16.5. The van der Waals surface area contributed by atoms with Crippen molar-refractivity contribution >= 4 is 5.78 Å². The Hall–Kier alpha value is -1.75. The molecule has 122 valence electrons. The molecule has 0 saturated carbocycles. The summed E-state index contributed by atoms with van der Waals surface area (Å²) in [5.74, 6) is 2.35. The molecule has 2 rings (SSSR count). The van der Waals surface area contributed by atoms with Crippen molar-refractivity contribution in [2.24, 2.45) is 0 Å². The van der Waals surface area contributed by atoms with Crippen LogP contribution in [0.5, 0.6) is 17.2 Å². The van der Waals surface area contributed by atoms with E-state index in [1.165, 1.54) is 12.8 Å². The third-order valence-corrected chi connectivity index (χ3v) is 4.07. The Labute approximate surface area is 132 Å². The van der Waals surface area contributed by atoms with Crippen LogP contribution in [-0.2, 0) is 11.2 Å². The summed E-state index contributed by atoms with van der Waals surface area (Å²) in [6.45, 7) is 2.64. The number of rotatable bonds is 8. The molecule has 22 heavy (non-hydrogen) atoms. The van der Waals surface area contributed by atoms with Crippen LogP contribution in [0.2, 0.25) is 0 Å². The molecule has 0 atom stereocenters. The monoisotopic (exact) mass is 307 g/mol. The number of ketones is 1. The molecule has 1 aliphatic heterocycles. The second-order valence-electron chi connectivity index (χ2n) is 5.53. The molecule has 0 spiro atoms. The van der Waals surface area contributed by atoms with Gasteiger partial charge < -0.3 is 14.2 Å². The number of carbonyl (C=O) groups excluding carboxylic acids is 1. The van der Waals surface area contributed by atoms with E-state index in [0.29, 0.717) is 36.6 Å². The standard InChI is InChI=1S/C17H25NO4/c1-20-14-10-16(21-2)15(17(11-14)22-3)7-6-13(19)12-18-8-4-5-9-18/h10-11H,4-9,12H2,1-3H3. The van der Waals surface area contributed by atoms with Crippen LogP contribution < -0.4 is 14.2 Å². The lowest BCUT2D eigenvalue weighted by Gasteiger charge is -2.16. The molecule has 1 heterocycles. The quantitative estimate of drug-likeness (QED) is 0.737. The second kappa shape index (κ2) is 8.03. The number of methoxy groups -OCH3 is 3. The van der Waals surface area contributed by atoms with E-state index >= 15 is 0 Å². The maximum atomic E-state index is 12.1. The molecule has 0 amide bonds. The van der Waals surface area contributed by atoms with Gasteiger partial charge in [0, 0.05) is 24.1 Å². The predicted molar refractivity (Wildman–Crippen MR) is 85.1 cm³/mol. The summed E-state index contributed by atoms with van der Waals surface area (Å²) in [4.78, 5) is 14.4. The first-order valence-corrected chi connectivity index (χ1v) is 7.71. The van der Waals surface area contributed by atoms with Crippen molar-refractivity contribution < 1.29 is 19.0 Å². The van der Waals surface area contributed by atoms with Crippen LogP contribution >= 0.6 is 0 Å². The first kappa shape index (κ1) is 16.6. The van der Waals surface area contributed by atoms with Crippen LogP contribution in [0.15, 0.2) is 12.1 Å². The molecule has 1 saturated heterocycles. The summed E-state index contributed by atoms with van der Waals surface area (Å²) in [5.41, 5.74) is 0.917. The third kappa shape index (κ3) is 4.13.